The van der Waals surface area contributed by atoms with Crippen LogP contribution in [0, 0.1) is 10.1 Å². The third-order valence-electron chi connectivity index (χ3n) is 3.08. The molecule has 2 aromatic rings. The minimum atomic E-state index is -0.588. The molecule has 0 saturated heterocycles. The van der Waals surface area contributed by atoms with Crippen molar-refractivity contribution in [2.45, 2.75) is 6.42 Å². The summed E-state index contributed by atoms with van der Waals surface area (Å²) in [7, 11) is 0. The van der Waals surface area contributed by atoms with E-state index in [1.807, 2.05) is 18.2 Å². The summed E-state index contributed by atoms with van der Waals surface area (Å²) >= 11 is 0. The zero-order chi connectivity index (χ0) is 17.4. The van der Waals surface area contributed by atoms with Gasteiger partial charge in [-0.15, -0.1) is 0 Å². The SMILES string of the molecule is O=C(/C=C/c1ccccc1[N+](=O)[O-])NNC(=O)Cc1ccccc1. The van der Waals surface area contributed by atoms with Crippen LogP contribution < -0.4 is 10.9 Å². The molecule has 0 aliphatic carbocycles. The highest BCUT2D eigenvalue weighted by Gasteiger charge is 2.10. The third-order valence-corrected chi connectivity index (χ3v) is 3.08. The maximum atomic E-state index is 11.7. The summed E-state index contributed by atoms with van der Waals surface area (Å²) in [5, 5.41) is 10.9. The number of hydrazine groups is 1. The second-order valence-electron chi connectivity index (χ2n) is 4.85. The number of carbonyl (C=O) groups is 2. The Balaban J connectivity index is 1.87. The second kappa shape index (κ2) is 8.23. The number of nitrogens with zero attached hydrogens (tertiary/aromatic N) is 1. The van der Waals surface area contributed by atoms with Crippen LogP contribution in [0.15, 0.2) is 60.7 Å². The quantitative estimate of drug-likeness (QED) is 0.498. The predicted molar refractivity (Wildman–Crippen MR) is 88.6 cm³/mol. The number of nitro groups is 1. The van der Waals surface area contributed by atoms with Crippen LogP contribution in [0.4, 0.5) is 5.69 Å². The lowest BCUT2D eigenvalue weighted by Crippen LogP contribution is -2.41. The molecule has 2 rings (SSSR count). The lowest BCUT2D eigenvalue weighted by atomic mass is 10.1. The van der Waals surface area contributed by atoms with Crippen molar-refractivity contribution >= 4 is 23.6 Å². The molecule has 0 unspecified atom stereocenters. The van der Waals surface area contributed by atoms with Crippen molar-refractivity contribution in [3.8, 4) is 0 Å². The van der Waals surface area contributed by atoms with Crippen LogP contribution in [0.2, 0.25) is 0 Å². The molecule has 0 spiro atoms. The number of benzene rings is 2. The Hall–Kier alpha value is -3.48. The highest BCUT2D eigenvalue weighted by Crippen LogP contribution is 2.18. The molecule has 0 heterocycles. The number of nitrogens with one attached hydrogen (secondary N) is 2. The standard InChI is InChI=1S/C17H15N3O4/c21-16(11-10-14-8-4-5-9-15(14)20(23)24)18-19-17(22)12-13-6-2-1-3-7-13/h1-11H,12H2,(H,18,21)(H,19,22)/b11-10+. The van der Waals surface area contributed by atoms with Crippen molar-refractivity contribution in [3.63, 3.8) is 0 Å². The average molecular weight is 325 g/mol. The molecule has 0 radical (unpaired) electrons. The monoisotopic (exact) mass is 325 g/mol. The normalized spacial score (nSPS) is 10.3. The zero-order valence-corrected chi connectivity index (χ0v) is 12.6. The topological polar surface area (TPSA) is 101 Å². The van der Waals surface area contributed by atoms with Crippen LogP contribution >= 0.6 is 0 Å². The van der Waals surface area contributed by atoms with E-state index in [-0.39, 0.29) is 18.0 Å². The average Bonchev–Trinajstić information content (AvgIpc) is 2.59. The number of carbonyl (C=O) groups excluding carboxylic acids is 2. The molecule has 0 saturated carbocycles. The molecule has 122 valence electrons. The molecule has 7 heteroatoms. The van der Waals surface area contributed by atoms with Gasteiger partial charge in [-0.3, -0.25) is 30.6 Å². The van der Waals surface area contributed by atoms with Crippen LogP contribution in [0.25, 0.3) is 6.08 Å². The summed E-state index contributed by atoms with van der Waals surface area (Å²) in [5.41, 5.74) is 5.52. The Labute approximate surface area is 138 Å². The maximum Gasteiger partial charge on any atom is 0.276 e. The fourth-order valence-corrected chi connectivity index (χ4v) is 1.96. The highest BCUT2D eigenvalue weighted by molar-refractivity contribution is 5.93. The van der Waals surface area contributed by atoms with Crippen molar-refractivity contribution in [2.24, 2.45) is 0 Å². The molecule has 0 aromatic heterocycles. The Bertz CT molecular complexity index is 772. The van der Waals surface area contributed by atoms with Gasteiger partial charge in [-0.1, -0.05) is 42.5 Å². The minimum absolute atomic E-state index is 0.102. The third kappa shape index (κ3) is 5.06. The summed E-state index contributed by atoms with van der Waals surface area (Å²) in [5.74, 6) is -0.955. The number of nitro benzene ring substituents is 1. The van der Waals surface area contributed by atoms with Gasteiger partial charge < -0.3 is 0 Å². The first-order valence-corrected chi connectivity index (χ1v) is 7.10. The van der Waals surface area contributed by atoms with E-state index in [1.54, 1.807) is 24.3 Å². The van der Waals surface area contributed by atoms with Gasteiger partial charge in [-0.25, -0.2) is 0 Å². The number of para-hydroxylation sites is 1. The van der Waals surface area contributed by atoms with Gasteiger partial charge in [0.15, 0.2) is 0 Å². The smallest absolute Gasteiger partial charge is 0.273 e. The molecule has 2 aromatic carbocycles. The van der Waals surface area contributed by atoms with Crippen molar-refractivity contribution in [2.75, 3.05) is 0 Å². The van der Waals surface area contributed by atoms with Crippen LogP contribution in [0.5, 0.6) is 0 Å². The van der Waals surface area contributed by atoms with Crippen molar-refractivity contribution in [1.82, 2.24) is 10.9 Å². The van der Waals surface area contributed by atoms with Crippen LogP contribution in [-0.4, -0.2) is 16.7 Å². The molecular formula is C17H15N3O4. The van der Waals surface area contributed by atoms with E-state index >= 15 is 0 Å². The molecule has 0 bridgehead atoms. The maximum absolute atomic E-state index is 11.7. The molecule has 2 amide bonds. The summed E-state index contributed by atoms with van der Waals surface area (Å²) in [6.45, 7) is 0. The van der Waals surface area contributed by atoms with Crippen molar-refractivity contribution in [1.29, 1.82) is 0 Å². The summed E-state index contributed by atoms with van der Waals surface area (Å²) in [6, 6.07) is 15.1. The predicted octanol–water partition coefficient (Wildman–Crippen LogP) is 2.00. The number of hydrogen-bond donors (Lipinski definition) is 2. The van der Waals surface area contributed by atoms with Gasteiger partial charge in [0.1, 0.15) is 0 Å². The largest absolute Gasteiger partial charge is 0.276 e. The molecule has 0 aliphatic rings. The second-order valence-corrected chi connectivity index (χ2v) is 4.85. The van der Waals surface area contributed by atoms with E-state index < -0.39 is 10.8 Å². The van der Waals surface area contributed by atoms with Gasteiger partial charge in [0.25, 0.3) is 11.6 Å². The van der Waals surface area contributed by atoms with Gasteiger partial charge in [0.2, 0.25) is 5.91 Å². The Morgan fingerprint density at radius 1 is 1.00 bits per heavy atom. The van der Waals surface area contributed by atoms with Crippen molar-refractivity contribution in [3.05, 3.63) is 81.9 Å². The van der Waals surface area contributed by atoms with Gasteiger partial charge >= 0.3 is 0 Å². The Morgan fingerprint density at radius 3 is 2.38 bits per heavy atom. The zero-order valence-electron chi connectivity index (χ0n) is 12.6. The molecule has 24 heavy (non-hydrogen) atoms. The highest BCUT2D eigenvalue weighted by atomic mass is 16.6. The van der Waals surface area contributed by atoms with Gasteiger partial charge in [-0.05, 0) is 17.7 Å². The lowest BCUT2D eigenvalue weighted by Gasteiger charge is -2.05. The number of amides is 2. The first-order chi connectivity index (χ1) is 11.6. The number of rotatable bonds is 5. The van der Waals surface area contributed by atoms with Crippen LogP contribution in [0.3, 0.4) is 0 Å². The van der Waals surface area contributed by atoms with E-state index in [2.05, 4.69) is 10.9 Å². The molecule has 2 N–H and O–H groups in total. The van der Waals surface area contributed by atoms with E-state index in [9.17, 15) is 19.7 Å². The fraction of sp³-hybridized carbons (Fsp3) is 0.0588. The van der Waals surface area contributed by atoms with E-state index in [0.29, 0.717) is 5.56 Å². The van der Waals surface area contributed by atoms with E-state index in [1.165, 1.54) is 18.2 Å². The van der Waals surface area contributed by atoms with E-state index in [4.69, 9.17) is 0 Å². The summed E-state index contributed by atoms with van der Waals surface area (Å²) in [4.78, 5) is 33.7. The summed E-state index contributed by atoms with van der Waals surface area (Å²) < 4.78 is 0. The lowest BCUT2D eigenvalue weighted by molar-refractivity contribution is -0.385. The number of hydrogen-bond acceptors (Lipinski definition) is 4. The minimum Gasteiger partial charge on any atom is -0.273 e. The molecule has 0 aliphatic heterocycles. The van der Waals surface area contributed by atoms with E-state index in [0.717, 1.165) is 11.6 Å². The van der Waals surface area contributed by atoms with Crippen LogP contribution in [-0.2, 0) is 16.0 Å². The summed E-state index contributed by atoms with van der Waals surface area (Å²) in [6.07, 6.45) is 2.57. The Kier molecular flexibility index (Phi) is 5.79. The first-order valence-electron chi connectivity index (χ1n) is 7.10. The first kappa shape index (κ1) is 16.9. The van der Waals surface area contributed by atoms with Crippen LogP contribution in [0.1, 0.15) is 11.1 Å². The van der Waals surface area contributed by atoms with Gasteiger partial charge in [-0.2, -0.15) is 0 Å². The Morgan fingerprint density at radius 2 is 1.67 bits per heavy atom. The molecule has 7 nitrogen and oxygen atoms in total. The molecule has 0 fully saturated rings. The molecular weight excluding hydrogens is 310 g/mol. The van der Waals surface area contributed by atoms with Gasteiger partial charge in [0, 0.05) is 12.1 Å². The van der Waals surface area contributed by atoms with Crippen molar-refractivity contribution < 1.29 is 14.5 Å². The fourth-order valence-electron chi connectivity index (χ4n) is 1.96. The molecule has 0 atom stereocenters. The van der Waals surface area contributed by atoms with Gasteiger partial charge in [0.05, 0.1) is 16.9 Å².